The van der Waals surface area contributed by atoms with Crippen molar-refractivity contribution in [2.24, 2.45) is 0 Å². The van der Waals surface area contributed by atoms with E-state index in [0.717, 1.165) is 5.56 Å². The van der Waals surface area contributed by atoms with Crippen molar-refractivity contribution in [3.05, 3.63) is 81.5 Å². The Balaban J connectivity index is 1.70. The van der Waals surface area contributed by atoms with Crippen molar-refractivity contribution < 1.29 is 18.7 Å². The van der Waals surface area contributed by atoms with Gasteiger partial charge in [0.2, 0.25) is 0 Å². The molecule has 0 aliphatic rings. The lowest BCUT2D eigenvalue weighted by Crippen LogP contribution is -2.20. The van der Waals surface area contributed by atoms with E-state index in [1.165, 1.54) is 18.2 Å². The third-order valence-electron chi connectivity index (χ3n) is 3.69. The molecular weight excluding hydrogens is 449 g/mol. The summed E-state index contributed by atoms with van der Waals surface area (Å²) in [6.07, 6.45) is 0. The number of aryl methyl sites for hydroxylation is 1. The number of hydrogen-bond donors (Lipinski definition) is 1. The number of carbonyl (C=O) groups excluding carboxylic acids is 1. The first-order valence-corrected chi connectivity index (χ1v) is 9.49. The molecule has 0 aromatic heterocycles. The Labute approximate surface area is 175 Å². The number of rotatable bonds is 6. The lowest BCUT2D eigenvalue weighted by molar-refractivity contribution is -0.118. The standard InChI is InChI=1S/C21H16BrClFNO3/c1-13-3-2-4-16(9-13)28-20-7-5-14(23)10-18(20)25-21(26)12-27-19-8-6-15(24)11-17(19)22/h2-11H,12H2,1H3,(H,25,26). The fourth-order valence-electron chi connectivity index (χ4n) is 2.42. The van der Waals surface area contributed by atoms with Gasteiger partial charge in [-0.2, -0.15) is 0 Å². The Morgan fingerprint density at radius 2 is 1.89 bits per heavy atom. The summed E-state index contributed by atoms with van der Waals surface area (Å²) < 4.78 is 24.9. The van der Waals surface area contributed by atoms with Crippen molar-refractivity contribution in [1.82, 2.24) is 0 Å². The van der Waals surface area contributed by atoms with E-state index in [0.29, 0.717) is 32.4 Å². The average Bonchev–Trinajstić information content (AvgIpc) is 2.63. The minimum atomic E-state index is -0.410. The molecule has 3 aromatic carbocycles. The van der Waals surface area contributed by atoms with Gasteiger partial charge < -0.3 is 14.8 Å². The molecule has 0 heterocycles. The van der Waals surface area contributed by atoms with Crippen LogP contribution in [0.15, 0.2) is 65.1 Å². The lowest BCUT2D eigenvalue weighted by Gasteiger charge is -2.14. The van der Waals surface area contributed by atoms with Gasteiger partial charge in [-0.05, 0) is 76.9 Å². The van der Waals surface area contributed by atoms with Crippen LogP contribution in [-0.2, 0) is 4.79 Å². The molecule has 0 fully saturated rings. The highest BCUT2D eigenvalue weighted by molar-refractivity contribution is 9.10. The van der Waals surface area contributed by atoms with Crippen LogP contribution in [0.5, 0.6) is 17.2 Å². The van der Waals surface area contributed by atoms with Gasteiger partial charge in [0, 0.05) is 5.02 Å². The Morgan fingerprint density at radius 1 is 1.11 bits per heavy atom. The third kappa shape index (κ3) is 5.47. The van der Waals surface area contributed by atoms with Crippen LogP contribution >= 0.6 is 27.5 Å². The maximum atomic E-state index is 13.1. The molecule has 0 saturated heterocycles. The Kier molecular flexibility index (Phi) is 6.54. The molecule has 0 spiro atoms. The molecule has 0 bridgehead atoms. The zero-order valence-corrected chi connectivity index (χ0v) is 17.2. The summed E-state index contributed by atoms with van der Waals surface area (Å²) in [5, 5.41) is 3.18. The molecule has 0 radical (unpaired) electrons. The summed E-state index contributed by atoms with van der Waals surface area (Å²) in [6.45, 7) is 1.70. The number of ether oxygens (including phenoxy) is 2. The Hall–Kier alpha value is -2.57. The molecule has 4 nitrogen and oxygen atoms in total. The van der Waals surface area contributed by atoms with Crippen molar-refractivity contribution in [2.75, 3.05) is 11.9 Å². The van der Waals surface area contributed by atoms with Crippen molar-refractivity contribution in [1.29, 1.82) is 0 Å². The molecule has 0 atom stereocenters. The topological polar surface area (TPSA) is 47.6 Å². The van der Waals surface area contributed by atoms with Gasteiger partial charge in [0.25, 0.3) is 5.91 Å². The first-order valence-electron chi connectivity index (χ1n) is 8.32. The van der Waals surface area contributed by atoms with Gasteiger partial charge in [0.15, 0.2) is 12.4 Å². The molecule has 7 heteroatoms. The molecular formula is C21H16BrClFNO3. The number of benzene rings is 3. The summed E-state index contributed by atoms with van der Waals surface area (Å²) in [4.78, 5) is 12.3. The van der Waals surface area contributed by atoms with Crippen LogP contribution in [0, 0.1) is 12.7 Å². The van der Waals surface area contributed by atoms with E-state index < -0.39 is 11.7 Å². The van der Waals surface area contributed by atoms with Crippen molar-refractivity contribution >= 4 is 39.1 Å². The van der Waals surface area contributed by atoms with Crippen LogP contribution in [0.2, 0.25) is 5.02 Å². The van der Waals surface area contributed by atoms with E-state index >= 15 is 0 Å². The second-order valence-electron chi connectivity index (χ2n) is 5.97. The van der Waals surface area contributed by atoms with Crippen molar-refractivity contribution in [3.63, 3.8) is 0 Å². The number of anilines is 1. The van der Waals surface area contributed by atoms with E-state index in [9.17, 15) is 9.18 Å². The van der Waals surface area contributed by atoms with Crippen LogP contribution in [0.25, 0.3) is 0 Å². The van der Waals surface area contributed by atoms with Crippen LogP contribution in [0.1, 0.15) is 5.56 Å². The first kappa shape index (κ1) is 20.2. The number of amides is 1. The molecule has 0 unspecified atom stereocenters. The fraction of sp³-hybridized carbons (Fsp3) is 0.0952. The highest BCUT2D eigenvalue weighted by atomic mass is 79.9. The SMILES string of the molecule is Cc1cccc(Oc2ccc(Cl)cc2NC(=O)COc2ccc(F)cc2Br)c1. The highest BCUT2D eigenvalue weighted by Crippen LogP contribution is 2.32. The normalized spacial score (nSPS) is 10.4. The molecule has 1 N–H and O–H groups in total. The Bertz CT molecular complexity index is 1010. The van der Waals surface area contributed by atoms with Gasteiger partial charge in [-0.1, -0.05) is 23.7 Å². The van der Waals surface area contributed by atoms with Gasteiger partial charge in [0.05, 0.1) is 10.2 Å². The van der Waals surface area contributed by atoms with E-state index in [2.05, 4.69) is 21.2 Å². The average molecular weight is 465 g/mol. The monoisotopic (exact) mass is 463 g/mol. The zero-order chi connectivity index (χ0) is 20.1. The molecule has 0 aliphatic carbocycles. The maximum absolute atomic E-state index is 13.1. The fourth-order valence-corrected chi connectivity index (χ4v) is 3.05. The number of hydrogen-bond acceptors (Lipinski definition) is 3. The van der Waals surface area contributed by atoms with Crippen LogP contribution in [0.4, 0.5) is 10.1 Å². The van der Waals surface area contributed by atoms with E-state index in [1.807, 2.05) is 31.2 Å². The van der Waals surface area contributed by atoms with Crippen LogP contribution in [-0.4, -0.2) is 12.5 Å². The second-order valence-corrected chi connectivity index (χ2v) is 7.26. The predicted molar refractivity (Wildman–Crippen MR) is 111 cm³/mol. The van der Waals surface area contributed by atoms with Gasteiger partial charge in [-0.3, -0.25) is 4.79 Å². The number of carbonyl (C=O) groups is 1. The van der Waals surface area contributed by atoms with Crippen molar-refractivity contribution in [3.8, 4) is 17.2 Å². The van der Waals surface area contributed by atoms with Gasteiger partial charge in [0.1, 0.15) is 17.3 Å². The minimum Gasteiger partial charge on any atom is -0.483 e. The quantitative estimate of drug-likeness (QED) is 0.462. The molecule has 3 rings (SSSR count). The molecule has 3 aromatic rings. The van der Waals surface area contributed by atoms with Crippen LogP contribution < -0.4 is 14.8 Å². The van der Waals surface area contributed by atoms with E-state index in [4.69, 9.17) is 21.1 Å². The molecule has 28 heavy (non-hydrogen) atoms. The third-order valence-corrected chi connectivity index (χ3v) is 4.54. The summed E-state index contributed by atoms with van der Waals surface area (Å²) in [5.41, 5.74) is 1.47. The second kappa shape index (κ2) is 9.08. The van der Waals surface area contributed by atoms with E-state index in [-0.39, 0.29) is 6.61 Å². The summed E-state index contributed by atoms with van der Waals surface area (Å²) >= 11 is 9.25. The molecule has 144 valence electrons. The van der Waals surface area contributed by atoms with E-state index in [1.54, 1.807) is 18.2 Å². The molecule has 0 saturated carbocycles. The summed E-state index contributed by atoms with van der Waals surface area (Å²) in [5.74, 6) is 0.641. The van der Waals surface area contributed by atoms with Crippen molar-refractivity contribution in [2.45, 2.75) is 6.92 Å². The predicted octanol–water partition coefficient (Wildman–Crippen LogP) is 6.36. The Morgan fingerprint density at radius 3 is 2.64 bits per heavy atom. The first-order chi connectivity index (χ1) is 13.4. The highest BCUT2D eigenvalue weighted by Gasteiger charge is 2.12. The summed E-state index contributed by atoms with van der Waals surface area (Å²) in [7, 11) is 0. The molecule has 0 aliphatic heterocycles. The summed E-state index contributed by atoms with van der Waals surface area (Å²) in [6, 6.07) is 16.5. The smallest absolute Gasteiger partial charge is 0.262 e. The largest absolute Gasteiger partial charge is 0.483 e. The maximum Gasteiger partial charge on any atom is 0.262 e. The molecule has 1 amide bonds. The zero-order valence-electron chi connectivity index (χ0n) is 14.8. The van der Waals surface area contributed by atoms with Gasteiger partial charge in [-0.15, -0.1) is 0 Å². The van der Waals surface area contributed by atoms with Crippen LogP contribution in [0.3, 0.4) is 0 Å². The number of nitrogens with one attached hydrogen (secondary N) is 1. The lowest BCUT2D eigenvalue weighted by atomic mass is 10.2. The minimum absolute atomic E-state index is 0.263. The number of halogens is 3. The van der Waals surface area contributed by atoms with Gasteiger partial charge >= 0.3 is 0 Å². The van der Waals surface area contributed by atoms with Gasteiger partial charge in [-0.25, -0.2) is 4.39 Å².